The first-order chi connectivity index (χ1) is 35.9. The van der Waals surface area contributed by atoms with Crippen molar-refractivity contribution in [2.24, 2.45) is 0 Å². The SMILES string of the molecule is CCCCCCCCCCCCCCCCCC(=O)NC(=O)c1cc(OCCOCCOC)ccc1I=O.CCCCCCCCCCCCCCCCCC(=O)NC(=O)c1cc([N+](=O)[O-])cc([N+](=O)[O-])c1I=O. The number of amides is 4. The fourth-order valence-corrected chi connectivity index (χ4v) is 10.4. The smallest absolute Gasteiger partial charge is 0.293 e. The molecule has 17 nitrogen and oxygen atoms in total. The Morgan fingerprint density at radius 1 is 0.500 bits per heavy atom. The Bertz CT molecular complexity index is 1940. The van der Waals surface area contributed by atoms with Crippen LogP contribution in [0.5, 0.6) is 5.75 Å². The average molecular weight is 1270 g/mol. The Morgan fingerprint density at radius 3 is 1.28 bits per heavy atom. The monoisotopic (exact) mass is 1270 g/mol. The molecule has 0 fully saturated rings. The van der Waals surface area contributed by atoms with E-state index in [4.69, 9.17) is 14.2 Å². The number of hydrogen-bond donors (Lipinski definition) is 2. The molecule has 0 atom stereocenters. The average Bonchev–Trinajstić information content (AvgIpc) is 3.39. The molecule has 0 aromatic heterocycles. The van der Waals surface area contributed by atoms with Crippen LogP contribution in [0, 0.1) is 27.4 Å². The van der Waals surface area contributed by atoms with E-state index >= 15 is 0 Å². The predicted octanol–water partition coefficient (Wildman–Crippen LogP) is 15.2. The Hall–Kier alpha value is -3.70. The van der Waals surface area contributed by atoms with Crippen molar-refractivity contribution in [2.75, 3.05) is 33.5 Å². The lowest BCUT2D eigenvalue weighted by Crippen LogP contribution is -2.31. The van der Waals surface area contributed by atoms with E-state index in [2.05, 4.69) is 24.5 Å². The number of non-ortho nitro benzene ring substituents is 1. The summed E-state index contributed by atoms with van der Waals surface area (Å²) in [7, 11) is 1.61. The van der Waals surface area contributed by atoms with Crippen LogP contribution < -0.4 is 15.4 Å². The van der Waals surface area contributed by atoms with Gasteiger partial charge in [0.1, 0.15) is 15.9 Å². The number of carbonyl (C=O) groups is 4. The van der Waals surface area contributed by atoms with Gasteiger partial charge in [-0.1, -0.05) is 194 Å². The van der Waals surface area contributed by atoms with Gasteiger partial charge in [0, 0.05) is 26.0 Å². The molecule has 0 heterocycles. The van der Waals surface area contributed by atoms with Gasteiger partial charge in [-0.3, -0.25) is 56.2 Å². The van der Waals surface area contributed by atoms with Gasteiger partial charge in [-0.05, 0) is 31.0 Å². The minimum atomic E-state index is -2.18. The maximum Gasteiger partial charge on any atom is 0.293 e. The molecule has 0 aliphatic carbocycles. The van der Waals surface area contributed by atoms with Crippen LogP contribution in [0.2, 0.25) is 0 Å². The van der Waals surface area contributed by atoms with Crippen LogP contribution in [0.15, 0.2) is 30.3 Å². The summed E-state index contributed by atoms with van der Waals surface area (Å²) in [5.41, 5.74) is -1.67. The zero-order valence-electron chi connectivity index (χ0n) is 44.8. The number of nitrogens with zero attached hydrogens (tertiary/aromatic N) is 2. The molecule has 2 aromatic rings. The number of imide groups is 2. The van der Waals surface area contributed by atoms with E-state index < -0.39 is 86.9 Å². The largest absolute Gasteiger partial charge is 0.491 e. The zero-order valence-corrected chi connectivity index (χ0v) is 49.1. The number of carbonyl (C=O) groups excluding carboxylic acids is 4. The number of halogens is 2. The number of hydrogen-bond acceptors (Lipinski definition) is 13. The first-order valence-electron chi connectivity index (χ1n) is 27.5. The molecule has 2 rings (SSSR count). The second kappa shape index (κ2) is 46.6. The van der Waals surface area contributed by atoms with Gasteiger partial charge >= 0.3 is 0 Å². The number of nitro groups is 2. The Kier molecular flexibility index (Phi) is 43.0. The maximum atomic E-state index is 12.6. The second-order valence-electron chi connectivity index (χ2n) is 18.7. The van der Waals surface area contributed by atoms with Gasteiger partial charge in [-0.15, -0.1) is 0 Å². The normalized spacial score (nSPS) is 10.9. The summed E-state index contributed by atoms with van der Waals surface area (Å²) in [6.45, 7) is 6.19. The number of methoxy groups -OCH3 is 1. The minimum Gasteiger partial charge on any atom is -0.491 e. The zero-order chi connectivity index (χ0) is 54.4. The third-order valence-electron chi connectivity index (χ3n) is 12.5. The van der Waals surface area contributed by atoms with Crippen molar-refractivity contribution in [1.82, 2.24) is 10.6 Å². The van der Waals surface area contributed by atoms with E-state index in [1.807, 2.05) is 0 Å². The van der Waals surface area contributed by atoms with Crippen molar-refractivity contribution in [3.63, 3.8) is 0 Å². The van der Waals surface area contributed by atoms with Gasteiger partial charge in [0.05, 0.1) is 50.4 Å². The molecule has 0 saturated carbocycles. The lowest BCUT2D eigenvalue weighted by molar-refractivity contribution is -0.394. The van der Waals surface area contributed by atoms with E-state index in [1.165, 1.54) is 148 Å². The fourth-order valence-electron chi connectivity index (χ4n) is 8.20. The van der Waals surface area contributed by atoms with E-state index in [0.29, 0.717) is 54.7 Å². The van der Waals surface area contributed by atoms with E-state index in [9.17, 15) is 45.5 Å². The van der Waals surface area contributed by atoms with Crippen LogP contribution >= 0.6 is 42.4 Å². The van der Waals surface area contributed by atoms with Crippen molar-refractivity contribution in [2.45, 2.75) is 219 Å². The van der Waals surface area contributed by atoms with Crippen LogP contribution in [0.25, 0.3) is 0 Å². The van der Waals surface area contributed by atoms with E-state index in [-0.39, 0.29) is 21.5 Å². The second-order valence-corrected chi connectivity index (χ2v) is 21.9. The first-order valence-corrected chi connectivity index (χ1v) is 31.4. The van der Waals surface area contributed by atoms with Crippen molar-refractivity contribution >= 4 is 77.4 Å². The molecule has 2 aromatic carbocycles. The molecule has 4 amide bonds. The quantitative estimate of drug-likeness (QED) is 0.0272. The third-order valence-corrected chi connectivity index (χ3v) is 15.5. The van der Waals surface area contributed by atoms with Crippen molar-refractivity contribution in [1.29, 1.82) is 0 Å². The number of unbranched alkanes of at least 4 members (excludes halogenated alkanes) is 28. The summed E-state index contributed by atoms with van der Waals surface area (Å²) >= 11 is -3.73. The summed E-state index contributed by atoms with van der Waals surface area (Å²) in [5.74, 6) is -1.93. The summed E-state index contributed by atoms with van der Waals surface area (Å²) in [6, 6.07) is 6.32. The van der Waals surface area contributed by atoms with E-state index in [1.54, 1.807) is 25.3 Å². The van der Waals surface area contributed by atoms with Crippen molar-refractivity contribution in [3.8, 4) is 5.75 Å². The molecule has 0 unspecified atom stereocenters. The third kappa shape index (κ3) is 34.1. The number of nitrogens with one attached hydrogen (secondary N) is 2. The number of rotatable bonds is 45. The summed E-state index contributed by atoms with van der Waals surface area (Å²) in [6.07, 6.45) is 37.3. The maximum absolute atomic E-state index is 12.6. The molecule has 0 saturated heterocycles. The number of benzene rings is 2. The molecule has 19 heteroatoms. The van der Waals surface area contributed by atoms with Crippen LogP contribution in [0.3, 0.4) is 0 Å². The first kappa shape index (κ1) is 68.3. The molecular formula is C55H88I2N4O13. The van der Waals surface area contributed by atoms with Crippen LogP contribution in [-0.2, 0) is 25.2 Å². The molecule has 0 aliphatic heterocycles. The fraction of sp³-hybridized carbons (Fsp3) is 0.709. The molecule has 2 N–H and O–H groups in total. The Balaban J connectivity index is 0.000000741. The molecule has 0 bridgehead atoms. The molecule has 420 valence electrons. The Labute approximate surface area is 461 Å². The highest BCUT2D eigenvalue weighted by molar-refractivity contribution is 14.2. The molecular weight excluding hydrogens is 1180 g/mol. The van der Waals surface area contributed by atoms with E-state index in [0.717, 1.165) is 44.6 Å². The Morgan fingerprint density at radius 2 is 0.905 bits per heavy atom. The van der Waals surface area contributed by atoms with Crippen LogP contribution in [0.1, 0.15) is 240 Å². The van der Waals surface area contributed by atoms with Gasteiger partial charge in [0.15, 0.2) is 42.4 Å². The van der Waals surface area contributed by atoms with Gasteiger partial charge < -0.3 is 14.2 Å². The molecule has 0 spiro atoms. The summed E-state index contributed by atoms with van der Waals surface area (Å²) < 4.78 is 39.1. The highest BCUT2D eigenvalue weighted by Gasteiger charge is 2.28. The topological polar surface area (TPSA) is 240 Å². The molecule has 74 heavy (non-hydrogen) atoms. The van der Waals surface area contributed by atoms with Gasteiger partial charge in [0.25, 0.3) is 23.2 Å². The molecule has 0 radical (unpaired) electrons. The molecule has 0 aliphatic rings. The van der Waals surface area contributed by atoms with Crippen LogP contribution in [0.4, 0.5) is 11.4 Å². The lowest BCUT2D eigenvalue weighted by Gasteiger charge is -2.10. The van der Waals surface area contributed by atoms with Gasteiger partial charge in [0.2, 0.25) is 11.8 Å². The van der Waals surface area contributed by atoms with Gasteiger partial charge in [-0.25, -0.2) is 0 Å². The van der Waals surface area contributed by atoms with Crippen LogP contribution in [-0.4, -0.2) is 67.0 Å². The number of ether oxygens (including phenoxy) is 3. The highest BCUT2D eigenvalue weighted by atomic mass is 127. The highest BCUT2D eigenvalue weighted by Crippen LogP contribution is 2.32. The standard InChI is InChI=1S/C30H50INO6.C25H38IN3O7/c1-3-4-5-6-7-8-9-10-11-12-13-14-15-16-17-18-29(33)32-30(34)27-25-26(19-20-28(27)31-35)38-24-23-37-22-21-36-2;1-2-3-4-5-6-7-8-9-10-11-12-13-14-15-16-17-23(30)27-25(31)21-18-20(28(33)34)19-22(29(35)36)24(21)26-32/h19-20,25H,3-18,21-24H2,1-2H3,(H,32,33,34);18-19H,2-17H2,1H3,(H,27,30,31). The number of nitro benzene ring substituents is 2. The van der Waals surface area contributed by atoms with Crippen molar-refractivity contribution < 1.29 is 49.4 Å². The van der Waals surface area contributed by atoms with Gasteiger partial charge in [-0.2, -0.15) is 0 Å². The lowest BCUT2D eigenvalue weighted by atomic mass is 10.0. The summed E-state index contributed by atoms with van der Waals surface area (Å²) in [5, 5.41) is 26.8. The minimum absolute atomic E-state index is 0.1000. The predicted molar refractivity (Wildman–Crippen MR) is 305 cm³/mol. The summed E-state index contributed by atoms with van der Waals surface area (Å²) in [4.78, 5) is 69.9. The van der Waals surface area contributed by atoms with Crippen molar-refractivity contribution in [3.05, 3.63) is 68.8 Å².